The Labute approximate surface area is 114 Å². The molecule has 1 saturated carbocycles. The molecule has 0 radical (unpaired) electrons. The van der Waals surface area contributed by atoms with Crippen LogP contribution in [0.25, 0.3) is 0 Å². The van der Waals surface area contributed by atoms with Gasteiger partial charge in [-0.3, -0.25) is 4.90 Å². The van der Waals surface area contributed by atoms with Gasteiger partial charge in [-0.25, -0.2) is 0 Å². The molecule has 1 heterocycles. The molecule has 2 aliphatic rings. The average molecular weight is 252 g/mol. The minimum atomic E-state index is 0.749. The predicted molar refractivity (Wildman–Crippen MR) is 78.8 cm³/mol. The molecule has 0 amide bonds. The van der Waals surface area contributed by atoms with Crippen LogP contribution in [0.5, 0.6) is 0 Å². The Bertz CT molecular complexity index is 237. The summed E-state index contributed by atoms with van der Waals surface area (Å²) in [5, 5.41) is 3.73. The molecule has 2 nitrogen and oxygen atoms in total. The van der Waals surface area contributed by atoms with Gasteiger partial charge in [0.25, 0.3) is 0 Å². The molecule has 1 aliphatic carbocycles. The van der Waals surface area contributed by atoms with Gasteiger partial charge in [0.2, 0.25) is 0 Å². The maximum atomic E-state index is 3.73. The van der Waals surface area contributed by atoms with Crippen LogP contribution in [0.3, 0.4) is 0 Å². The van der Waals surface area contributed by atoms with Gasteiger partial charge in [-0.2, -0.15) is 0 Å². The summed E-state index contributed by atoms with van der Waals surface area (Å²) < 4.78 is 0. The second-order valence-electron chi connectivity index (χ2n) is 7.11. The molecule has 1 aliphatic heterocycles. The second kappa shape index (κ2) is 6.38. The van der Waals surface area contributed by atoms with Crippen molar-refractivity contribution < 1.29 is 0 Å². The van der Waals surface area contributed by atoms with E-state index in [1.54, 1.807) is 0 Å². The van der Waals surface area contributed by atoms with Gasteiger partial charge in [0.1, 0.15) is 0 Å². The largest absolute Gasteiger partial charge is 0.312 e. The third-order valence-corrected chi connectivity index (χ3v) is 4.95. The van der Waals surface area contributed by atoms with Crippen LogP contribution in [0.15, 0.2) is 0 Å². The molecule has 0 aromatic carbocycles. The lowest BCUT2D eigenvalue weighted by molar-refractivity contribution is 0.0896. The van der Waals surface area contributed by atoms with Gasteiger partial charge in [0, 0.05) is 18.6 Å². The van der Waals surface area contributed by atoms with Crippen LogP contribution in [-0.4, -0.2) is 36.6 Å². The zero-order valence-electron chi connectivity index (χ0n) is 12.8. The van der Waals surface area contributed by atoms with Gasteiger partial charge < -0.3 is 5.32 Å². The molecule has 1 unspecified atom stereocenters. The highest BCUT2D eigenvalue weighted by Crippen LogP contribution is 2.27. The summed E-state index contributed by atoms with van der Waals surface area (Å²) in [5.41, 5.74) is 0. The third kappa shape index (κ3) is 3.96. The van der Waals surface area contributed by atoms with Crippen LogP contribution in [0, 0.1) is 17.8 Å². The van der Waals surface area contributed by atoms with Crippen LogP contribution in [0.1, 0.15) is 53.4 Å². The molecule has 18 heavy (non-hydrogen) atoms. The summed E-state index contributed by atoms with van der Waals surface area (Å²) in [4.78, 5) is 2.75. The Morgan fingerprint density at radius 2 is 1.61 bits per heavy atom. The van der Waals surface area contributed by atoms with Crippen molar-refractivity contribution >= 4 is 0 Å². The second-order valence-corrected chi connectivity index (χ2v) is 7.11. The van der Waals surface area contributed by atoms with E-state index in [0.29, 0.717) is 0 Å². The van der Waals surface area contributed by atoms with Gasteiger partial charge in [0.05, 0.1) is 0 Å². The van der Waals surface area contributed by atoms with Gasteiger partial charge in [-0.1, -0.05) is 27.7 Å². The third-order valence-electron chi connectivity index (χ3n) is 4.95. The first-order valence-electron chi connectivity index (χ1n) is 8.05. The van der Waals surface area contributed by atoms with E-state index in [-0.39, 0.29) is 0 Å². The van der Waals surface area contributed by atoms with Crippen LogP contribution < -0.4 is 5.32 Å². The predicted octanol–water partition coefficient (Wildman–Crippen LogP) is 3.13. The number of hydrogen-bond acceptors (Lipinski definition) is 2. The molecule has 106 valence electrons. The fourth-order valence-electron chi connectivity index (χ4n) is 3.28. The lowest BCUT2D eigenvalue weighted by Gasteiger charge is -2.40. The summed E-state index contributed by atoms with van der Waals surface area (Å²) in [7, 11) is 0. The fourth-order valence-corrected chi connectivity index (χ4v) is 3.28. The van der Waals surface area contributed by atoms with Crippen molar-refractivity contribution in [2.24, 2.45) is 17.8 Å². The molecule has 0 bridgehead atoms. The molecule has 0 aromatic rings. The summed E-state index contributed by atoms with van der Waals surface area (Å²) in [6, 6.07) is 1.60. The van der Waals surface area contributed by atoms with E-state index in [9.17, 15) is 0 Å². The minimum absolute atomic E-state index is 0.749. The van der Waals surface area contributed by atoms with Crippen molar-refractivity contribution in [1.82, 2.24) is 10.2 Å². The standard InChI is InChI=1S/C16H32N2/c1-12(2)14-7-9-18(10-8-14)16(13(3)4)11-17-15-5-6-15/h12-17H,5-11H2,1-4H3. The Balaban J connectivity index is 1.79. The zero-order valence-corrected chi connectivity index (χ0v) is 12.8. The van der Waals surface area contributed by atoms with Crippen LogP contribution in [0.4, 0.5) is 0 Å². The molecule has 0 aromatic heterocycles. The minimum Gasteiger partial charge on any atom is -0.312 e. The van der Waals surface area contributed by atoms with E-state index in [1.807, 2.05) is 0 Å². The number of likely N-dealkylation sites (tertiary alicyclic amines) is 1. The smallest absolute Gasteiger partial charge is 0.0243 e. The van der Waals surface area contributed by atoms with Gasteiger partial charge in [0.15, 0.2) is 0 Å². The number of hydrogen-bond donors (Lipinski definition) is 1. The highest BCUT2D eigenvalue weighted by atomic mass is 15.2. The summed E-state index contributed by atoms with van der Waals surface area (Å²) >= 11 is 0. The van der Waals surface area contributed by atoms with Gasteiger partial charge in [-0.15, -0.1) is 0 Å². The first-order chi connectivity index (χ1) is 8.58. The van der Waals surface area contributed by atoms with E-state index in [0.717, 1.165) is 29.8 Å². The van der Waals surface area contributed by atoms with Crippen LogP contribution in [-0.2, 0) is 0 Å². The molecule has 1 atom stereocenters. The Morgan fingerprint density at radius 3 is 2.06 bits per heavy atom. The first-order valence-corrected chi connectivity index (χ1v) is 8.05. The maximum Gasteiger partial charge on any atom is 0.0243 e. The normalized spacial score (nSPS) is 25.0. The van der Waals surface area contributed by atoms with E-state index in [2.05, 4.69) is 37.9 Å². The molecular weight excluding hydrogens is 220 g/mol. The van der Waals surface area contributed by atoms with Crippen LogP contribution >= 0.6 is 0 Å². The highest BCUT2D eigenvalue weighted by molar-refractivity contribution is 4.87. The molecular formula is C16H32N2. The lowest BCUT2D eigenvalue weighted by Crippen LogP contribution is -2.49. The van der Waals surface area contributed by atoms with E-state index >= 15 is 0 Å². The Hall–Kier alpha value is -0.0800. The monoisotopic (exact) mass is 252 g/mol. The average Bonchev–Trinajstić information content (AvgIpc) is 3.13. The van der Waals surface area contributed by atoms with Gasteiger partial charge in [-0.05, 0) is 56.5 Å². The first kappa shape index (κ1) is 14.3. The number of piperidine rings is 1. The van der Waals surface area contributed by atoms with Crippen molar-refractivity contribution in [2.75, 3.05) is 19.6 Å². The maximum absolute atomic E-state index is 3.73. The van der Waals surface area contributed by atoms with Crippen molar-refractivity contribution in [3.8, 4) is 0 Å². The topological polar surface area (TPSA) is 15.3 Å². The van der Waals surface area contributed by atoms with Crippen molar-refractivity contribution in [2.45, 2.75) is 65.5 Å². The summed E-state index contributed by atoms with van der Waals surface area (Å²) in [5.74, 6) is 2.60. The molecule has 1 N–H and O–H groups in total. The zero-order chi connectivity index (χ0) is 13.1. The molecule has 0 spiro atoms. The number of rotatable bonds is 6. The van der Waals surface area contributed by atoms with Crippen LogP contribution in [0.2, 0.25) is 0 Å². The number of nitrogens with one attached hydrogen (secondary N) is 1. The fraction of sp³-hybridized carbons (Fsp3) is 1.00. The van der Waals surface area contributed by atoms with E-state index in [1.165, 1.54) is 45.3 Å². The number of nitrogens with zero attached hydrogens (tertiary/aromatic N) is 1. The van der Waals surface area contributed by atoms with E-state index in [4.69, 9.17) is 0 Å². The Morgan fingerprint density at radius 1 is 1.00 bits per heavy atom. The highest BCUT2D eigenvalue weighted by Gasteiger charge is 2.29. The van der Waals surface area contributed by atoms with Crippen molar-refractivity contribution in [3.63, 3.8) is 0 Å². The van der Waals surface area contributed by atoms with Crippen molar-refractivity contribution in [3.05, 3.63) is 0 Å². The van der Waals surface area contributed by atoms with Gasteiger partial charge >= 0.3 is 0 Å². The lowest BCUT2D eigenvalue weighted by atomic mass is 9.85. The van der Waals surface area contributed by atoms with Crippen molar-refractivity contribution in [1.29, 1.82) is 0 Å². The molecule has 2 heteroatoms. The summed E-state index contributed by atoms with van der Waals surface area (Å²) in [6.45, 7) is 13.4. The molecule has 2 rings (SSSR count). The quantitative estimate of drug-likeness (QED) is 0.781. The summed E-state index contributed by atoms with van der Waals surface area (Å²) in [6.07, 6.45) is 5.62. The molecule has 2 fully saturated rings. The molecule has 1 saturated heterocycles. The van der Waals surface area contributed by atoms with E-state index < -0.39 is 0 Å². The Kier molecular flexibility index (Phi) is 5.08. The SMILES string of the molecule is CC(C)C1CCN(C(CNC2CC2)C(C)C)CC1.